The predicted octanol–water partition coefficient (Wildman–Crippen LogP) is 3.22. The Bertz CT molecular complexity index is 929. The van der Waals surface area contributed by atoms with E-state index < -0.39 is 5.54 Å². The number of H-pyrrole nitrogens is 1. The van der Waals surface area contributed by atoms with Gasteiger partial charge in [-0.3, -0.25) is 9.78 Å². The van der Waals surface area contributed by atoms with Crippen molar-refractivity contribution < 1.29 is 4.74 Å². The van der Waals surface area contributed by atoms with E-state index in [-0.39, 0.29) is 5.56 Å². The molecule has 0 aliphatic carbocycles. The molecular weight excluding hydrogens is 302 g/mol. The van der Waals surface area contributed by atoms with E-state index in [1.807, 2.05) is 25.1 Å². The van der Waals surface area contributed by atoms with Crippen molar-refractivity contribution in [3.05, 3.63) is 47.0 Å². The van der Waals surface area contributed by atoms with Gasteiger partial charge in [0.15, 0.2) is 0 Å². The highest BCUT2D eigenvalue weighted by atomic mass is 16.5. The molecule has 1 unspecified atom stereocenters. The highest BCUT2D eigenvalue weighted by molar-refractivity contribution is 6.05. The zero-order chi connectivity index (χ0) is 17.3. The summed E-state index contributed by atoms with van der Waals surface area (Å²) < 4.78 is 5.86. The number of fused-ring (bicyclic) bond motifs is 3. The minimum Gasteiger partial charge on any atom is -0.492 e. The van der Waals surface area contributed by atoms with Crippen molar-refractivity contribution in [3.63, 3.8) is 0 Å². The number of ether oxygens (including phenoxy) is 1. The maximum atomic E-state index is 12.3. The zero-order valence-corrected chi connectivity index (χ0v) is 14.3. The summed E-state index contributed by atoms with van der Waals surface area (Å²) in [6.45, 7) is 6.68. The quantitative estimate of drug-likeness (QED) is 0.706. The zero-order valence-electron chi connectivity index (χ0n) is 14.3. The lowest BCUT2D eigenvalue weighted by atomic mass is 9.93. The number of hydrogen-bond donors (Lipinski definition) is 2. The average Bonchev–Trinajstić information content (AvgIpc) is 2.52. The van der Waals surface area contributed by atoms with Gasteiger partial charge >= 0.3 is 0 Å². The van der Waals surface area contributed by atoms with Crippen LogP contribution in [0.4, 0.5) is 0 Å². The molecule has 0 aliphatic rings. The van der Waals surface area contributed by atoms with Crippen molar-refractivity contribution in [1.29, 1.82) is 0 Å². The van der Waals surface area contributed by atoms with Crippen LogP contribution in [-0.2, 0) is 0 Å². The summed E-state index contributed by atoms with van der Waals surface area (Å²) in [6, 6.07) is 7.47. The van der Waals surface area contributed by atoms with Crippen molar-refractivity contribution in [3.8, 4) is 5.75 Å². The summed E-state index contributed by atoms with van der Waals surface area (Å²) in [5, 5.41) is 2.46. The number of nitrogens with two attached hydrogens (primary N) is 1. The van der Waals surface area contributed by atoms with E-state index in [2.05, 4.69) is 23.8 Å². The first kappa shape index (κ1) is 16.5. The molecule has 0 radical (unpaired) electrons. The van der Waals surface area contributed by atoms with Crippen molar-refractivity contribution in [2.75, 3.05) is 6.61 Å². The molecule has 1 atom stereocenters. The van der Waals surface area contributed by atoms with Crippen LogP contribution in [0.3, 0.4) is 0 Å². The lowest BCUT2D eigenvalue weighted by molar-refractivity contribution is 0.207. The Balaban J connectivity index is 1.93. The van der Waals surface area contributed by atoms with E-state index in [4.69, 9.17) is 10.5 Å². The average molecular weight is 325 g/mol. The van der Waals surface area contributed by atoms with Gasteiger partial charge in [0.2, 0.25) is 0 Å². The van der Waals surface area contributed by atoms with Crippen molar-refractivity contribution in [2.24, 2.45) is 11.7 Å². The first-order valence-electron chi connectivity index (χ1n) is 8.17. The summed E-state index contributed by atoms with van der Waals surface area (Å²) in [6.07, 6.45) is 4.25. The van der Waals surface area contributed by atoms with Gasteiger partial charge < -0.3 is 15.5 Å². The molecule has 0 amide bonds. The lowest BCUT2D eigenvalue weighted by Crippen LogP contribution is -2.43. The van der Waals surface area contributed by atoms with E-state index in [0.717, 1.165) is 22.7 Å². The van der Waals surface area contributed by atoms with E-state index in [1.54, 1.807) is 18.5 Å². The van der Waals surface area contributed by atoms with Gasteiger partial charge in [-0.15, -0.1) is 0 Å². The number of pyridine rings is 2. The van der Waals surface area contributed by atoms with Crippen LogP contribution >= 0.6 is 0 Å². The van der Waals surface area contributed by atoms with E-state index in [1.165, 1.54) is 0 Å². The van der Waals surface area contributed by atoms with Crippen LogP contribution in [0, 0.1) is 5.92 Å². The molecular formula is C19H23N3O2. The summed E-state index contributed by atoms with van der Waals surface area (Å²) in [7, 11) is 0. The third kappa shape index (κ3) is 3.41. The van der Waals surface area contributed by atoms with Crippen LogP contribution in [0.25, 0.3) is 21.7 Å². The third-order valence-corrected chi connectivity index (χ3v) is 4.04. The number of aromatic amines is 1. The molecule has 0 aliphatic heterocycles. The molecule has 2 aromatic heterocycles. The van der Waals surface area contributed by atoms with Gasteiger partial charge in [-0.2, -0.15) is 0 Å². The summed E-state index contributed by atoms with van der Waals surface area (Å²) in [5.41, 5.74) is 6.47. The molecule has 3 N–H and O–H groups in total. The molecule has 0 spiro atoms. The van der Waals surface area contributed by atoms with E-state index in [9.17, 15) is 4.79 Å². The third-order valence-electron chi connectivity index (χ3n) is 4.04. The SMILES string of the molecule is CC(C)CC(C)(N)COc1ccc2c(c1)c(=O)[nH]c1cnccc12. The number of benzene rings is 1. The molecule has 0 saturated heterocycles. The first-order valence-corrected chi connectivity index (χ1v) is 8.17. The summed E-state index contributed by atoms with van der Waals surface area (Å²) in [4.78, 5) is 19.2. The molecule has 1 aromatic carbocycles. The Morgan fingerprint density at radius 1 is 1.25 bits per heavy atom. The van der Waals surface area contributed by atoms with Crippen molar-refractivity contribution in [1.82, 2.24) is 9.97 Å². The Hall–Kier alpha value is -2.40. The number of nitrogens with one attached hydrogen (secondary N) is 1. The monoisotopic (exact) mass is 325 g/mol. The van der Waals surface area contributed by atoms with Gasteiger partial charge in [0, 0.05) is 17.1 Å². The Morgan fingerprint density at radius 3 is 2.79 bits per heavy atom. The molecule has 24 heavy (non-hydrogen) atoms. The Kier molecular flexibility index (Phi) is 4.28. The Morgan fingerprint density at radius 2 is 2.04 bits per heavy atom. The second-order valence-corrected chi connectivity index (χ2v) is 7.12. The Labute approximate surface area is 140 Å². The molecule has 3 aromatic rings. The molecule has 0 bridgehead atoms. The molecule has 5 nitrogen and oxygen atoms in total. The minimum absolute atomic E-state index is 0.145. The fourth-order valence-corrected chi connectivity index (χ4v) is 3.19. The van der Waals surface area contributed by atoms with Gasteiger partial charge in [-0.25, -0.2) is 0 Å². The fraction of sp³-hybridized carbons (Fsp3) is 0.368. The van der Waals surface area contributed by atoms with Crippen molar-refractivity contribution >= 4 is 21.7 Å². The molecule has 0 saturated carbocycles. The highest BCUT2D eigenvalue weighted by Gasteiger charge is 2.21. The second kappa shape index (κ2) is 6.24. The van der Waals surface area contributed by atoms with Crippen molar-refractivity contribution in [2.45, 2.75) is 32.7 Å². The molecule has 2 heterocycles. The van der Waals surface area contributed by atoms with Crippen LogP contribution in [0.15, 0.2) is 41.5 Å². The number of nitrogens with zero attached hydrogens (tertiary/aromatic N) is 1. The molecule has 126 valence electrons. The van der Waals surface area contributed by atoms with Gasteiger partial charge in [0.05, 0.1) is 17.1 Å². The molecule has 3 rings (SSSR count). The van der Waals surface area contributed by atoms with E-state index >= 15 is 0 Å². The fourth-order valence-electron chi connectivity index (χ4n) is 3.19. The van der Waals surface area contributed by atoms with Gasteiger partial charge in [0.25, 0.3) is 5.56 Å². The number of rotatable bonds is 5. The van der Waals surface area contributed by atoms with E-state index in [0.29, 0.717) is 23.7 Å². The van der Waals surface area contributed by atoms with Crippen LogP contribution < -0.4 is 16.0 Å². The molecule has 0 fully saturated rings. The smallest absolute Gasteiger partial charge is 0.256 e. The molecule has 5 heteroatoms. The second-order valence-electron chi connectivity index (χ2n) is 7.12. The number of hydrogen-bond acceptors (Lipinski definition) is 4. The minimum atomic E-state index is -0.398. The maximum Gasteiger partial charge on any atom is 0.256 e. The lowest BCUT2D eigenvalue weighted by Gasteiger charge is -2.26. The normalized spacial score (nSPS) is 14.2. The summed E-state index contributed by atoms with van der Waals surface area (Å²) in [5.74, 6) is 1.16. The topological polar surface area (TPSA) is 81.0 Å². The number of aromatic nitrogens is 2. The van der Waals surface area contributed by atoms with Crippen LogP contribution in [0.5, 0.6) is 5.75 Å². The van der Waals surface area contributed by atoms with Gasteiger partial charge in [-0.1, -0.05) is 13.8 Å². The van der Waals surface area contributed by atoms with Crippen LogP contribution in [0.1, 0.15) is 27.2 Å². The van der Waals surface area contributed by atoms with Crippen LogP contribution in [-0.4, -0.2) is 22.1 Å². The highest BCUT2D eigenvalue weighted by Crippen LogP contribution is 2.25. The first-order chi connectivity index (χ1) is 11.4. The largest absolute Gasteiger partial charge is 0.492 e. The summed E-state index contributed by atoms with van der Waals surface area (Å²) >= 11 is 0. The van der Waals surface area contributed by atoms with Gasteiger partial charge in [0.1, 0.15) is 12.4 Å². The van der Waals surface area contributed by atoms with Crippen LogP contribution in [0.2, 0.25) is 0 Å². The van der Waals surface area contributed by atoms with Gasteiger partial charge in [-0.05, 0) is 48.9 Å². The maximum absolute atomic E-state index is 12.3. The predicted molar refractivity (Wildman–Crippen MR) is 97.4 cm³/mol. The standard InChI is InChI=1S/C19H23N3O2/c1-12(2)9-19(3,20)11-24-13-4-5-14-15-6-7-21-10-17(15)22-18(23)16(14)8-13/h4-8,10,12H,9,11,20H2,1-3H3,(H,22,23).